The number of hydrogen-bond acceptors (Lipinski definition) is 5. The molecule has 1 heterocycles. The van der Waals surface area contributed by atoms with Crippen molar-refractivity contribution in [3.63, 3.8) is 0 Å². The first-order valence-electron chi connectivity index (χ1n) is 4.17. The minimum Gasteiger partial charge on any atom is -0.277 e. The quantitative estimate of drug-likeness (QED) is 0.675. The van der Waals surface area contributed by atoms with E-state index < -0.39 is 9.84 Å². The van der Waals surface area contributed by atoms with Gasteiger partial charge in [-0.3, -0.25) is 9.63 Å². The van der Waals surface area contributed by atoms with Crippen molar-refractivity contribution in [2.45, 2.75) is 11.7 Å². The maximum atomic E-state index is 11.1. The standard InChI is InChI=1S/C7H13NO4S2/c1-12-8-7(9)4-13-6-2-3-14(10,11)5-6/h6H,2-5H2,1H3,(H,8,9). The van der Waals surface area contributed by atoms with Gasteiger partial charge >= 0.3 is 0 Å². The molecule has 0 saturated carbocycles. The maximum absolute atomic E-state index is 11.1. The third-order valence-corrected chi connectivity index (χ3v) is 5.14. The zero-order valence-corrected chi connectivity index (χ0v) is 9.49. The lowest BCUT2D eigenvalue weighted by Crippen LogP contribution is -2.24. The molecule has 5 nitrogen and oxygen atoms in total. The first-order valence-corrected chi connectivity index (χ1v) is 7.04. The summed E-state index contributed by atoms with van der Waals surface area (Å²) in [7, 11) is -1.48. The number of thioether (sulfide) groups is 1. The van der Waals surface area contributed by atoms with Crippen LogP contribution >= 0.6 is 11.8 Å². The molecule has 7 heteroatoms. The maximum Gasteiger partial charge on any atom is 0.253 e. The van der Waals surface area contributed by atoms with Crippen molar-refractivity contribution in [3.05, 3.63) is 0 Å². The molecule has 1 amide bonds. The monoisotopic (exact) mass is 239 g/mol. The molecule has 1 atom stereocenters. The molecule has 0 aromatic rings. The highest BCUT2D eigenvalue weighted by Gasteiger charge is 2.28. The third kappa shape index (κ3) is 3.85. The number of rotatable bonds is 4. The summed E-state index contributed by atoms with van der Waals surface area (Å²) in [6.45, 7) is 0. The molecule has 1 fully saturated rings. The van der Waals surface area contributed by atoms with E-state index in [-0.39, 0.29) is 28.4 Å². The molecule has 0 radical (unpaired) electrons. The number of nitrogens with one attached hydrogen (secondary N) is 1. The second-order valence-electron chi connectivity index (χ2n) is 3.07. The Kier molecular flexibility index (Phi) is 4.21. The van der Waals surface area contributed by atoms with E-state index in [4.69, 9.17) is 0 Å². The van der Waals surface area contributed by atoms with Crippen LogP contribution in [0.3, 0.4) is 0 Å². The third-order valence-electron chi connectivity index (χ3n) is 1.86. The SMILES string of the molecule is CONC(=O)CSC1CCS(=O)(=O)C1. The van der Waals surface area contributed by atoms with Crippen molar-refractivity contribution in [1.29, 1.82) is 0 Å². The largest absolute Gasteiger partial charge is 0.277 e. The summed E-state index contributed by atoms with van der Waals surface area (Å²) in [6.07, 6.45) is 0.646. The van der Waals surface area contributed by atoms with Gasteiger partial charge in [0.25, 0.3) is 5.91 Å². The number of hydroxylamine groups is 1. The number of hydrogen-bond donors (Lipinski definition) is 1. The van der Waals surface area contributed by atoms with Gasteiger partial charge in [-0.1, -0.05) is 0 Å². The van der Waals surface area contributed by atoms with E-state index in [1.165, 1.54) is 18.9 Å². The predicted octanol–water partition coefficient (Wildman–Crippen LogP) is -0.416. The van der Waals surface area contributed by atoms with E-state index in [9.17, 15) is 13.2 Å². The molecule has 1 aliphatic heterocycles. The highest BCUT2D eigenvalue weighted by atomic mass is 32.2. The molecule has 0 bridgehead atoms. The lowest BCUT2D eigenvalue weighted by Gasteiger charge is -2.06. The first kappa shape index (κ1) is 11.8. The van der Waals surface area contributed by atoms with E-state index in [1.807, 2.05) is 0 Å². The van der Waals surface area contributed by atoms with Gasteiger partial charge in [0, 0.05) is 5.25 Å². The molecular weight excluding hydrogens is 226 g/mol. The highest BCUT2D eigenvalue weighted by molar-refractivity contribution is 8.02. The fourth-order valence-electron chi connectivity index (χ4n) is 1.23. The van der Waals surface area contributed by atoms with Crippen LogP contribution in [0.25, 0.3) is 0 Å². The summed E-state index contributed by atoms with van der Waals surface area (Å²) < 4.78 is 22.1. The van der Waals surface area contributed by atoms with E-state index in [0.29, 0.717) is 6.42 Å². The van der Waals surface area contributed by atoms with Gasteiger partial charge in [0.05, 0.1) is 24.4 Å². The van der Waals surface area contributed by atoms with Gasteiger partial charge < -0.3 is 0 Å². The van der Waals surface area contributed by atoms with Gasteiger partial charge in [0.15, 0.2) is 9.84 Å². The van der Waals surface area contributed by atoms with E-state index in [2.05, 4.69) is 10.3 Å². The topological polar surface area (TPSA) is 72.5 Å². The van der Waals surface area contributed by atoms with Gasteiger partial charge in [-0.25, -0.2) is 13.9 Å². The number of sulfone groups is 1. The second kappa shape index (κ2) is 4.99. The van der Waals surface area contributed by atoms with Crippen molar-refractivity contribution in [2.24, 2.45) is 0 Å². The van der Waals surface area contributed by atoms with Crippen molar-refractivity contribution in [1.82, 2.24) is 5.48 Å². The van der Waals surface area contributed by atoms with Crippen LogP contribution in [-0.4, -0.2) is 43.9 Å². The van der Waals surface area contributed by atoms with Crippen LogP contribution in [0.1, 0.15) is 6.42 Å². The molecule has 0 aliphatic carbocycles. The summed E-state index contributed by atoms with van der Waals surface area (Å²) in [5.74, 6) is 0.449. The zero-order valence-electron chi connectivity index (χ0n) is 7.86. The van der Waals surface area contributed by atoms with Gasteiger partial charge in [-0.15, -0.1) is 11.8 Å². The molecule has 1 unspecified atom stereocenters. The summed E-state index contributed by atoms with van der Waals surface area (Å²) in [5, 5.41) is 0.0580. The van der Waals surface area contributed by atoms with E-state index >= 15 is 0 Å². The summed E-state index contributed by atoms with van der Waals surface area (Å²) in [5.41, 5.74) is 2.18. The second-order valence-corrected chi connectivity index (χ2v) is 6.58. The van der Waals surface area contributed by atoms with E-state index in [0.717, 1.165) is 0 Å². The summed E-state index contributed by atoms with van der Waals surface area (Å²) in [6, 6.07) is 0. The van der Waals surface area contributed by atoms with Crippen molar-refractivity contribution >= 4 is 27.5 Å². The average molecular weight is 239 g/mol. The zero-order chi connectivity index (χ0) is 10.6. The predicted molar refractivity (Wildman–Crippen MR) is 54.7 cm³/mol. The van der Waals surface area contributed by atoms with Gasteiger partial charge in [-0.05, 0) is 6.42 Å². The van der Waals surface area contributed by atoms with Crippen LogP contribution in [0.4, 0.5) is 0 Å². The first-order chi connectivity index (χ1) is 6.53. The van der Waals surface area contributed by atoms with Crippen molar-refractivity contribution in [3.8, 4) is 0 Å². The van der Waals surface area contributed by atoms with Crippen LogP contribution in [0.5, 0.6) is 0 Å². The molecule has 1 saturated heterocycles. The lowest BCUT2D eigenvalue weighted by molar-refractivity contribution is -0.128. The molecule has 0 spiro atoms. The Morgan fingerprint density at radius 2 is 2.36 bits per heavy atom. The smallest absolute Gasteiger partial charge is 0.253 e. The van der Waals surface area contributed by atoms with Crippen LogP contribution in [0.2, 0.25) is 0 Å². The fraction of sp³-hybridized carbons (Fsp3) is 0.857. The number of carbonyl (C=O) groups excluding carboxylic acids is 1. The molecule has 1 rings (SSSR count). The van der Waals surface area contributed by atoms with Crippen LogP contribution in [-0.2, 0) is 19.5 Å². The number of carbonyl (C=O) groups is 1. The molecule has 0 aromatic carbocycles. The Morgan fingerprint density at radius 3 is 2.86 bits per heavy atom. The fourth-order valence-corrected chi connectivity index (χ4v) is 4.66. The minimum absolute atomic E-state index is 0.0580. The minimum atomic E-state index is -2.84. The molecule has 0 aromatic heterocycles. The molecular formula is C7H13NO4S2. The van der Waals surface area contributed by atoms with Crippen molar-refractivity contribution < 1.29 is 18.0 Å². The highest BCUT2D eigenvalue weighted by Crippen LogP contribution is 2.23. The molecule has 1 aliphatic rings. The summed E-state index contributed by atoms with van der Waals surface area (Å²) in [4.78, 5) is 15.4. The van der Waals surface area contributed by atoms with Gasteiger partial charge in [0.2, 0.25) is 0 Å². The van der Waals surface area contributed by atoms with Crippen molar-refractivity contribution in [2.75, 3.05) is 24.4 Å². The number of amides is 1. The van der Waals surface area contributed by atoms with Gasteiger partial charge in [-0.2, -0.15) is 0 Å². The Labute approximate surface area is 87.5 Å². The Morgan fingerprint density at radius 1 is 1.64 bits per heavy atom. The molecule has 1 N–H and O–H groups in total. The molecule has 82 valence electrons. The van der Waals surface area contributed by atoms with Crippen LogP contribution in [0.15, 0.2) is 0 Å². The molecule has 14 heavy (non-hydrogen) atoms. The summed E-state index contributed by atoms with van der Waals surface area (Å²) >= 11 is 1.36. The Bertz CT molecular complexity index is 301. The van der Waals surface area contributed by atoms with Gasteiger partial charge in [0.1, 0.15) is 0 Å². The van der Waals surface area contributed by atoms with Crippen LogP contribution in [0, 0.1) is 0 Å². The normalized spacial score (nSPS) is 24.8. The van der Waals surface area contributed by atoms with Crippen LogP contribution < -0.4 is 5.48 Å². The average Bonchev–Trinajstić information content (AvgIpc) is 2.43. The van der Waals surface area contributed by atoms with E-state index in [1.54, 1.807) is 0 Å². The Hall–Kier alpha value is -0.270. The Balaban J connectivity index is 2.24. The lowest BCUT2D eigenvalue weighted by atomic mass is 10.4.